The zero-order valence-corrected chi connectivity index (χ0v) is 29.0. The molecule has 4 heterocycles. The van der Waals surface area contributed by atoms with Gasteiger partial charge in [0.2, 0.25) is 11.8 Å². The molecule has 11 nitrogen and oxygen atoms in total. The molecule has 0 atom stereocenters. The molecule has 0 spiro atoms. The zero-order chi connectivity index (χ0) is 34.8. The molecule has 5 rings (SSSR count). The molecular weight excluding hydrogens is 630 g/mol. The van der Waals surface area contributed by atoms with Crippen molar-refractivity contribution in [1.29, 1.82) is 0 Å². The van der Waals surface area contributed by atoms with Crippen LogP contribution in [-0.4, -0.2) is 59.4 Å². The van der Waals surface area contributed by atoms with Crippen molar-refractivity contribution < 1.29 is 27.5 Å². The van der Waals surface area contributed by atoms with Crippen LogP contribution in [0.25, 0.3) is 21.8 Å². The first-order valence-corrected chi connectivity index (χ1v) is 17.8. The van der Waals surface area contributed by atoms with Crippen LogP contribution in [0.2, 0.25) is 0 Å². The predicted octanol–water partition coefficient (Wildman–Crippen LogP) is 7.48. The molecule has 12 heteroatoms. The summed E-state index contributed by atoms with van der Waals surface area (Å²) in [4.78, 5) is 41.9. The smallest absolute Gasteiger partial charge is 0.240 e. The Hall–Kier alpha value is -4.97. The number of benzene rings is 1. The lowest BCUT2D eigenvalue weighted by Crippen LogP contribution is -2.10. The maximum atomic E-state index is 12.7. The Morgan fingerprint density at radius 2 is 1.25 bits per heavy atom. The van der Waals surface area contributed by atoms with E-state index in [9.17, 15) is 18.0 Å². The summed E-state index contributed by atoms with van der Waals surface area (Å²) in [5.74, 6) is 0.589. The summed E-state index contributed by atoms with van der Waals surface area (Å²) >= 11 is 0. The summed E-state index contributed by atoms with van der Waals surface area (Å²) in [5, 5.41) is 4.64. The number of ketones is 2. The van der Waals surface area contributed by atoms with Crippen molar-refractivity contribution in [3.8, 4) is 11.8 Å². The van der Waals surface area contributed by atoms with Gasteiger partial charge in [0, 0.05) is 60.3 Å². The molecule has 4 aromatic heterocycles. The minimum absolute atomic E-state index is 0.000645. The lowest BCUT2D eigenvalue weighted by atomic mass is 10.0. The van der Waals surface area contributed by atoms with E-state index >= 15 is 0 Å². The van der Waals surface area contributed by atoms with Crippen LogP contribution < -0.4 is 14.8 Å². The number of rotatable bonds is 13. The second-order valence-electron chi connectivity index (χ2n) is 11.0. The number of sulfone groups is 1. The highest BCUT2D eigenvalue weighted by Crippen LogP contribution is 2.34. The first-order valence-electron chi connectivity index (χ1n) is 16.0. The number of ether oxygens (including phenoxy) is 2. The highest BCUT2D eigenvalue weighted by molar-refractivity contribution is 7.91. The Morgan fingerprint density at radius 1 is 0.729 bits per heavy atom. The molecule has 0 amide bonds. The van der Waals surface area contributed by atoms with Gasteiger partial charge in [0.15, 0.2) is 21.4 Å². The van der Waals surface area contributed by atoms with Crippen molar-refractivity contribution in [3.05, 3.63) is 77.9 Å². The van der Waals surface area contributed by atoms with Crippen LogP contribution >= 0.6 is 0 Å². The number of hydrogen-bond donors (Lipinski definition) is 1. The number of aromatic nitrogens is 4. The largest absolute Gasteiger partial charge is 0.476 e. The van der Waals surface area contributed by atoms with Gasteiger partial charge in [-0.25, -0.2) is 28.4 Å². The van der Waals surface area contributed by atoms with E-state index in [1.807, 2.05) is 58.0 Å². The highest BCUT2D eigenvalue weighted by atomic mass is 32.2. The van der Waals surface area contributed by atoms with E-state index in [0.717, 1.165) is 35.0 Å². The molecule has 0 fully saturated rings. The van der Waals surface area contributed by atoms with E-state index in [0.29, 0.717) is 53.9 Å². The van der Waals surface area contributed by atoms with Gasteiger partial charge < -0.3 is 14.8 Å². The van der Waals surface area contributed by atoms with Crippen molar-refractivity contribution in [3.63, 3.8) is 0 Å². The topological polar surface area (TPSA) is 150 Å². The number of hydrogen-bond acceptors (Lipinski definition) is 11. The highest BCUT2D eigenvalue weighted by Gasteiger charge is 2.24. The average molecular weight is 672 g/mol. The van der Waals surface area contributed by atoms with Crippen molar-refractivity contribution in [2.45, 2.75) is 65.2 Å². The lowest BCUT2D eigenvalue weighted by Gasteiger charge is -2.16. The summed E-state index contributed by atoms with van der Waals surface area (Å²) < 4.78 is 35.4. The van der Waals surface area contributed by atoms with Crippen LogP contribution in [0, 0.1) is 6.92 Å². The normalized spacial score (nSPS) is 11.1. The number of fused-ring (bicyclic) bond motifs is 2. The van der Waals surface area contributed by atoms with Crippen LogP contribution in [0.4, 0.5) is 11.4 Å². The van der Waals surface area contributed by atoms with E-state index in [1.54, 1.807) is 25.4 Å². The second kappa shape index (κ2) is 16.2. The SMILES string of the molecule is CCCC(=O)c1cnc2c(OCC)nccc2c1Nc1ccccc1C.CCCC(=O)c1cnc2c(OCC)nccc2c1S(C)(=O)=O. The first-order chi connectivity index (χ1) is 23.0. The van der Waals surface area contributed by atoms with E-state index in [4.69, 9.17) is 9.47 Å². The van der Waals surface area contributed by atoms with Crippen LogP contribution in [-0.2, 0) is 9.84 Å². The number of para-hydroxylation sites is 1. The minimum atomic E-state index is -3.60. The van der Waals surface area contributed by atoms with Gasteiger partial charge in [-0.05, 0) is 57.4 Å². The zero-order valence-electron chi connectivity index (χ0n) is 28.2. The van der Waals surface area contributed by atoms with Crippen LogP contribution in [0.3, 0.4) is 0 Å². The molecule has 1 aromatic carbocycles. The third kappa shape index (κ3) is 8.11. The molecular formula is C36H41N5O6S. The Bertz CT molecular complexity index is 2050. The monoisotopic (exact) mass is 671 g/mol. The molecule has 0 radical (unpaired) electrons. The Balaban J connectivity index is 0.000000220. The third-order valence-corrected chi connectivity index (χ3v) is 8.53. The summed E-state index contributed by atoms with van der Waals surface area (Å²) in [6.07, 6.45) is 9.36. The van der Waals surface area contributed by atoms with Gasteiger partial charge in [-0.1, -0.05) is 32.0 Å². The molecule has 0 saturated carbocycles. The van der Waals surface area contributed by atoms with E-state index in [2.05, 4.69) is 25.3 Å². The van der Waals surface area contributed by atoms with Gasteiger partial charge in [-0.2, -0.15) is 0 Å². The Kier molecular flexibility index (Phi) is 12.1. The lowest BCUT2D eigenvalue weighted by molar-refractivity contribution is 0.0972. The number of carbonyl (C=O) groups excluding carboxylic acids is 2. The molecule has 48 heavy (non-hydrogen) atoms. The van der Waals surface area contributed by atoms with Gasteiger partial charge in [0.05, 0.1) is 34.9 Å². The number of carbonyl (C=O) groups is 2. The summed E-state index contributed by atoms with van der Waals surface area (Å²) in [7, 11) is -3.60. The fourth-order valence-electron chi connectivity index (χ4n) is 5.18. The van der Waals surface area contributed by atoms with Crippen LogP contribution in [0.1, 0.15) is 79.7 Å². The molecule has 0 aliphatic rings. The first kappa shape index (κ1) is 35.9. The Morgan fingerprint density at radius 3 is 1.79 bits per heavy atom. The molecule has 252 valence electrons. The number of aryl methyl sites for hydroxylation is 1. The average Bonchev–Trinajstić information content (AvgIpc) is 3.06. The van der Waals surface area contributed by atoms with Crippen molar-refractivity contribution in [1.82, 2.24) is 19.9 Å². The molecule has 0 aliphatic heterocycles. The second-order valence-corrected chi connectivity index (χ2v) is 12.9. The van der Waals surface area contributed by atoms with Gasteiger partial charge in [-0.3, -0.25) is 9.59 Å². The number of nitrogens with one attached hydrogen (secondary N) is 1. The molecule has 0 saturated heterocycles. The van der Waals surface area contributed by atoms with Gasteiger partial charge in [-0.15, -0.1) is 0 Å². The molecule has 0 bridgehead atoms. The minimum Gasteiger partial charge on any atom is -0.476 e. The standard InChI is InChI=1S/C21H23N3O2.C15H18N2O4S/c1-4-8-18(25)16-13-23-20-15(11-12-22-21(20)26-5-2)19(16)24-17-10-7-6-9-14(17)3;1-4-6-12(18)11-9-17-13-10(14(11)22(3,19)20)7-8-16-15(13)21-5-2/h6-7,9-13H,4-5,8H2,1-3H3,(H,23,24);7-9H,4-6H2,1-3H3. The van der Waals surface area contributed by atoms with Crippen LogP contribution in [0.15, 0.2) is 66.1 Å². The van der Waals surface area contributed by atoms with Crippen molar-refractivity contribution in [2.75, 3.05) is 24.8 Å². The number of Topliss-reactive ketones (excluding diaryl/α,β-unsaturated/α-hetero) is 2. The summed E-state index contributed by atoms with van der Waals surface area (Å²) in [6.45, 7) is 10.5. The predicted molar refractivity (Wildman–Crippen MR) is 187 cm³/mol. The van der Waals surface area contributed by atoms with Crippen molar-refractivity contribution in [2.24, 2.45) is 0 Å². The maximum absolute atomic E-state index is 12.7. The van der Waals surface area contributed by atoms with Gasteiger partial charge in [0.25, 0.3) is 0 Å². The van der Waals surface area contributed by atoms with Crippen LogP contribution in [0.5, 0.6) is 11.8 Å². The molecule has 1 N–H and O–H groups in total. The summed E-state index contributed by atoms with van der Waals surface area (Å²) in [6, 6.07) is 11.4. The van der Waals surface area contributed by atoms with E-state index < -0.39 is 9.84 Å². The fraction of sp³-hybridized carbons (Fsp3) is 0.333. The third-order valence-electron chi connectivity index (χ3n) is 7.35. The molecule has 0 aliphatic carbocycles. The van der Waals surface area contributed by atoms with Gasteiger partial charge in [0.1, 0.15) is 11.0 Å². The van der Waals surface area contributed by atoms with Crippen molar-refractivity contribution >= 4 is 54.6 Å². The van der Waals surface area contributed by atoms with Gasteiger partial charge >= 0.3 is 0 Å². The maximum Gasteiger partial charge on any atom is 0.240 e. The quantitative estimate of drug-likeness (QED) is 0.124. The van der Waals surface area contributed by atoms with E-state index in [1.165, 1.54) is 12.4 Å². The number of anilines is 2. The molecule has 0 unspecified atom stereocenters. The fourth-order valence-corrected chi connectivity index (χ4v) is 6.31. The summed E-state index contributed by atoms with van der Waals surface area (Å²) in [5.41, 5.74) is 4.54. The Labute approximate surface area is 281 Å². The molecule has 5 aromatic rings. The van der Waals surface area contributed by atoms with E-state index in [-0.39, 0.29) is 34.3 Å². The number of nitrogens with zero attached hydrogens (tertiary/aromatic N) is 4. The number of pyridine rings is 4.